The monoisotopic (exact) mass is 268 g/mol. The number of hydrogen-bond donors (Lipinski definition) is 0. The highest BCUT2D eigenvalue weighted by atomic mass is 16.5. The molecule has 0 aromatic carbocycles. The number of ether oxygens (including phenoxy) is 1. The van der Waals surface area contributed by atoms with E-state index in [1.807, 2.05) is 13.8 Å². The van der Waals surface area contributed by atoms with E-state index < -0.39 is 5.97 Å². The Bertz CT molecular complexity index is 453. The minimum atomic E-state index is -0.412. The zero-order valence-electron chi connectivity index (χ0n) is 11.9. The van der Waals surface area contributed by atoms with Crippen LogP contribution >= 0.6 is 0 Å². The number of esters is 1. The third kappa shape index (κ3) is 3.56. The van der Waals surface area contributed by atoms with E-state index in [2.05, 4.69) is 5.16 Å². The van der Waals surface area contributed by atoms with Gasteiger partial charge in [-0.15, -0.1) is 0 Å². The summed E-state index contributed by atoms with van der Waals surface area (Å²) in [6.45, 7) is 7.80. The fraction of sp³-hybridized carbons (Fsp3) is 0.615. The summed E-state index contributed by atoms with van der Waals surface area (Å²) in [4.78, 5) is 25.3. The average molecular weight is 268 g/mol. The van der Waals surface area contributed by atoms with E-state index in [1.54, 1.807) is 13.8 Å². The fourth-order valence-electron chi connectivity index (χ4n) is 1.78. The van der Waals surface area contributed by atoms with Crippen molar-refractivity contribution in [2.75, 3.05) is 19.7 Å². The summed E-state index contributed by atoms with van der Waals surface area (Å²) in [5.41, 5.74) is 1.07. The van der Waals surface area contributed by atoms with Gasteiger partial charge in [0.25, 0.3) is 5.91 Å². The van der Waals surface area contributed by atoms with Crippen LogP contribution in [-0.2, 0) is 16.0 Å². The molecule has 1 heterocycles. The highest BCUT2D eigenvalue weighted by Gasteiger charge is 2.25. The van der Waals surface area contributed by atoms with Crippen LogP contribution < -0.4 is 0 Å². The van der Waals surface area contributed by atoms with Gasteiger partial charge >= 0.3 is 5.97 Å². The highest BCUT2D eigenvalue weighted by molar-refractivity contribution is 5.97. The Kier molecular flexibility index (Phi) is 5.54. The number of likely N-dealkylation sites (N-methyl/N-ethyl adjacent to an activating group) is 1. The summed E-state index contributed by atoms with van der Waals surface area (Å²) >= 11 is 0. The Morgan fingerprint density at radius 3 is 2.53 bits per heavy atom. The van der Waals surface area contributed by atoms with E-state index in [0.29, 0.717) is 36.6 Å². The van der Waals surface area contributed by atoms with Gasteiger partial charge in [0.15, 0.2) is 0 Å². The maximum absolute atomic E-state index is 12.4. The summed E-state index contributed by atoms with van der Waals surface area (Å²) in [5, 5.41) is 3.85. The number of aryl methyl sites for hydroxylation is 2. The van der Waals surface area contributed by atoms with Crippen molar-refractivity contribution < 1.29 is 18.8 Å². The third-order valence-corrected chi connectivity index (χ3v) is 2.78. The molecule has 0 atom stereocenters. The van der Waals surface area contributed by atoms with Crippen LogP contribution in [0.1, 0.15) is 42.6 Å². The summed E-state index contributed by atoms with van der Waals surface area (Å²) < 4.78 is 9.90. The second-order valence-corrected chi connectivity index (χ2v) is 4.04. The van der Waals surface area contributed by atoms with Gasteiger partial charge in [-0.2, -0.15) is 0 Å². The molecule has 0 bridgehead atoms. The van der Waals surface area contributed by atoms with Crippen LogP contribution in [0.2, 0.25) is 0 Å². The molecule has 1 aromatic rings. The lowest BCUT2D eigenvalue weighted by Gasteiger charge is -2.19. The van der Waals surface area contributed by atoms with Crippen molar-refractivity contribution in [3.8, 4) is 0 Å². The molecule has 0 unspecified atom stereocenters. The molecule has 6 nitrogen and oxygen atoms in total. The molecule has 0 radical (unpaired) electrons. The van der Waals surface area contributed by atoms with E-state index in [-0.39, 0.29) is 12.5 Å². The normalized spacial score (nSPS) is 10.3. The second-order valence-electron chi connectivity index (χ2n) is 4.04. The van der Waals surface area contributed by atoms with Crippen LogP contribution in [0.3, 0.4) is 0 Å². The number of aromatic nitrogens is 1. The first kappa shape index (κ1) is 15.2. The molecule has 6 heteroatoms. The minimum Gasteiger partial charge on any atom is -0.465 e. The number of carbonyl (C=O) groups excluding carboxylic acids is 2. The van der Waals surface area contributed by atoms with Gasteiger partial charge in [-0.05, 0) is 27.2 Å². The SMILES string of the molecule is CCOC(=O)CN(CC)C(=O)c1c(CC)noc1C. The molecule has 0 saturated heterocycles. The topological polar surface area (TPSA) is 72.6 Å². The van der Waals surface area contributed by atoms with E-state index in [1.165, 1.54) is 4.90 Å². The van der Waals surface area contributed by atoms with Gasteiger partial charge in [-0.3, -0.25) is 9.59 Å². The molecule has 19 heavy (non-hydrogen) atoms. The van der Waals surface area contributed by atoms with Gasteiger partial charge in [0.2, 0.25) is 0 Å². The van der Waals surface area contributed by atoms with Crippen molar-refractivity contribution in [3.63, 3.8) is 0 Å². The first-order chi connectivity index (χ1) is 9.04. The fourth-order valence-corrected chi connectivity index (χ4v) is 1.78. The zero-order chi connectivity index (χ0) is 14.4. The lowest BCUT2D eigenvalue weighted by Crippen LogP contribution is -2.36. The van der Waals surface area contributed by atoms with E-state index in [4.69, 9.17) is 9.26 Å². The van der Waals surface area contributed by atoms with Crippen molar-refractivity contribution in [2.24, 2.45) is 0 Å². The van der Waals surface area contributed by atoms with Crippen LogP contribution in [-0.4, -0.2) is 41.6 Å². The molecule has 0 aliphatic carbocycles. The predicted octanol–water partition coefficient (Wildman–Crippen LogP) is 1.57. The van der Waals surface area contributed by atoms with Gasteiger partial charge in [-0.25, -0.2) is 0 Å². The molecule has 0 aliphatic heterocycles. The molecule has 0 fully saturated rings. The number of amides is 1. The Labute approximate surface area is 112 Å². The number of rotatable bonds is 6. The van der Waals surface area contributed by atoms with Crippen LogP contribution in [0.25, 0.3) is 0 Å². The summed E-state index contributed by atoms with van der Waals surface area (Å²) in [7, 11) is 0. The molecular weight excluding hydrogens is 248 g/mol. The van der Waals surface area contributed by atoms with Crippen LogP contribution in [0.5, 0.6) is 0 Å². The van der Waals surface area contributed by atoms with Gasteiger partial charge in [0, 0.05) is 6.54 Å². The van der Waals surface area contributed by atoms with Gasteiger partial charge < -0.3 is 14.2 Å². The molecule has 1 amide bonds. The molecule has 106 valence electrons. The first-order valence-corrected chi connectivity index (χ1v) is 6.45. The number of hydrogen-bond acceptors (Lipinski definition) is 5. The average Bonchev–Trinajstić information content (AvgIpc) is 2.76. The Morgan fingerprint density at radius 2 is 2.00 bits per heavy atom. The second kappa shape index (κ2) is 6.92. The molecule has 1 aromatic heterocycles. The number of nitrogens with zero attached hydrogens (tertiary/aromatic N) is 2. The Morgan fingerprint density at radius 1 is 1.32 bits per heavy atom. The molecule has 1 rings (SSSR count). The smallest absolute Gasteiger partial charge is 0.325 e. The standard InChI is InChI=1S/C13H20N2O4/c1-5-10-12(9(4)19-14-10)13(17)15(6-2)8-11(16)18-7-3/h5-8H2,1-4H3. The minimum absolute atomic E-state index is 0.0586. The maximum Gasteiger partial charge on any atom is 0.325 e. The molecular formula is C13H20N2O4. The predicted molar refractivity (Wildman–Crippen MR) is 68.8 cm³/mol. The van der Waals surface area contributed by atoms with Crippen molar-refractivity contribution in [2.45, 2.75) is 34.1 Å². The van der Waals surface area contributed by atoms with E-state index in [0.717, 1.165) is 0 Å². The van der Waals surface area contributed by atoms with E-state index in [9.17, 15) is 9.59 Å². The molecule has 0 aliphatic rings. The van der Waals surface area contributed by atoms with Gasteiger partial charge in [0.1, 0.15) is 17.9 Å². The molecule has 0 spiro atoms. The summed E-state index contributed by atoms with van der Waals surface area (Å²) in [6.07, 6.45) is 0.607. The zero-order valence-corrected chi connectivity index (χ0v) is 11.9. The van der Waals surface area contributed by atoms with Crippen LogP contribution in [0.4, 0.5) is 0 Å². The highest BCUT2D eigenvalue weighted by Crippen LogP contribution is 2.16. The number of carbonyl (C=O) groups is 2. The van der Waals surface area contributed by atoms with Crippen molar-refractivity contribution in [1.82, 2.24) is 10.1 Å². The van der Waals surface area contributed by atoms with Gasteiger partial charge in [-0.1, -0.05) is 12.1 Å². The van der Waals surface area contributed by atoms with Crippen LogP contribution in [0, 0.1) is 6.92 Å². The van der Waals surface area contributed by atoms with E-state index >= 15 is 0 Å². The maximum atomic E-state index is 12.4. The van der Waals surface area contributed by atoms with Gasteiger partial charge in [0.05, 0.1) is 12.3 Å². The Balaban J connectivity index is 2.89. The lowest BCUT2D eigenvalue weighted by molar-refractivity contribution is -0.143. The Hall–Kier alpha value is -1.85. The van der Waals surface area contributed by atoms with Crippen molar-refractivity contribution in [3.05, 3.63) is 17.0 Å². The van der Waals surface area contributed by atoms with Crippen molar-refractivity contribution >= 4 is 11.9 Å². The summed E-state index contributed by atoms with van der Waals surface area (Å²) in [5.74, 6) is -0.180. The third-order valence-electron chi connectivity index (χ3n) is 2.78. The lowest BCUT2D eigenvalue weighted by atomic mass is 10.1. The first-order valence-electron chi connectivity index (χ1n) is 6.45. The quantitative estimate of drug-likeness (QED) is 0.732. The molecule has 0 N–H and O–H groups in total. The summed E-state index contributed by atoms with van der Waals surface area (Å²) in [6, 6.07) is 0. The molecule has 0 saturated carbocycles. The van der Waals surface area contributed by atoms with Crippen LogP contribution in [0.15, 0.2) is 4.52 Å². The van der Waals surface area contributed by atoms with Crippen molar-refractivity contribution in [1.29, 1.82) is 0 Å². The largest absolute Gasteiger partial charge is 0.465 e.